The largest absolute Gasteiger partial charge is 0.467 e. The van der Waals surface area contributed by atoms with Crippen LogP contribution in [-0.2, 0) is 46.5 Å². The lowest BCUT2D eigenvalue weighted by atomic mass is 9.85. The molecule has 0 aliphatic carbocycles. The lowest BCUT2D eigenvalue weighted by Crippen LogP contribution is -2.59. The average molecular weight is 1050 g/mol. The van der Waals surface area contributed by atoms with Gasteiger partial charge in [-0.1, -0.05) is 58.0 Å². The van der Waals surface area contributed by atoms with Crippen molar-refractivity contribution in [1.82, 2.24) is 56.1 Å². The van der Waals surface area contributed by atoms with Gasteiger partial charge in [-0.3, -0.25) is 33.4 Å². The molecule has 4 heterocycles. The maximum absolute atomic E-state index is 14.4. The molecule has 22 nitrogen and oxygen atoms in total. The Morgan fingerprint density at radius 2 is 1.71 bits per heavy atom. The van der Waals surface area contributed by atoms with Crippen molar-refractivity contribution in [3.63, 3.8) is 0 Å². The van der Waals surface area contributed by atoms with Crippen LogP contribution in [0.5, 0.6) is 5.88 Å². The smallest absolute Gasteiger partial charge is 0.258 e. The van der Waals surface area contributed by atoms with Gasteiger partial charge in [0.25, 0.3) is 11.8 Å². The minimum absolute atomic E-state index is 0.00185. The summed E-state index contributed by atoms with van der Waals surface area (Å²) in [5.74, 6) is -2.92. The molecule has 2 aliphatic rings. The highest BCUT2D eigenvalue weighted by Crippen LogP contribution is 2.34. The molecule has 1 fully saturated rings. The fraction of sp³-hybridized carbons (Fsp3) is 0.509. The molecular formula is C53H70FN13O9. The topological polar surface area (TPSA) is 290 Å². The number of halogens is 1. The van der Waals surface area contributed by atoms with Crippen LogP contribution in [0.15, 0.2) is 54.7 Å². The third-order valence-corrected chi connectivity index (χ3v) is 13.3. The van der Waals surface area contributed by atoms with E-state index in [0.29, 0.717) is 17.7 Å². The minimum Gasteiger partial charge on any atom is -0.467 e. The first-order valence-electron chi connectivity index (χ1n) is 25.4. The van der Waals surface area contributed by atoms with Gasteiger partial charge in [-0.25, -0.2) is 14.4 Å². The van der Waals surface area contributed by atoms with Crippen molar-refractivity contribution in [2.45, 2.75) is 117 Å². The van der Waals surface area contributed by atoms with Crippen LogP contribution >= 0.6 is 0 Å². The van der Waals surface area contributed by atoms with E-state index in [1.807, 2.05) is 58.0 Å². The van der Waals surface area contributed by atoms with Crippen molar-refractivity contribution in [3.8, 4) is 23.2 Å². The monoisotopic (exact) mass is 1050 g/mol. The van der Waals surface area contributed by atoms with Crippen LogP contribution in [0.4, 0.5) is 10.2 Å². The van der Waals surface area contributed by atoms with Crippen molar-refractivity contribution < 1.29 is 47.4 Å². The Morgan fingerprint density at radius 1 is 1.01 bits per heavy atom. The zero-order valence-corrected chi connectivity index (χ0v) is 44.4. The molecule has 0 saturated carbocycles. The second-order valence-electron chi connectivity index (χ2n) is 19.9. The third-order valence-electron chi connectivity index (χ3n) is 13.3. The number of benzene rings is 2. The number of nitriles is 1. The van der Waals surface area contributed by atoms with Gasteiger partial charge in [0.2, 0.25) is 29.5 Å². The molecule has 0 spiro atoms. The Labute approximate surface area is 442 Å². The molecule has 23 heteroatoms. The molecule has 1 saturated heterocycles. The molecule has 2 aromatic heterocycles. The number of nitrogens with one attached hydrogen (secondary N) is 5. The van der Waals surface area contributed by atoms with Crippen molar-refractivity contribution in [2.24, 2.45) is 5.41 Å². The molecule has 408 valence electrons. The summed E-state index contributed by atoms with van der Waals surface area (Å²) >= 11 is 0. The van der Waals surface area contributed by atoms with E-state index >= 15 is 0 Å². The first-order valence-corrected chi connectivity index (χ1v) is 25.4. The molecule has 4 aromatic rings. The molecule has 0 radical (unpaired) electrons. The highest BCUT2D eigenvalue weighted by molar-refractivity contribution is 5.96. The fourth-order valence-electron chi connectivity index (χ4n) is 8.94. The third kappa shape index (κ3) is 14.6. The highest BCUT2D eigenvalue weighted by Gasteiger charge is 2.46. The Morgan fingerprint density at radius 3 is 2.37 bits per heavy atom. The van der Waals surface area contributed by atoms with Crippen LogP contribution in [0.25, 0.3) is 11.3 Å². The van der Waals surface area contributed by atoms with Crippen LogP contribution in [0, 0.1) is 22.6 Å². The number of carbonyl (C=O) groups is 6. The Balaban J connectivity index is 0.971. The molecular weight excluding hydrogens is 982 g/mol. The normalized spacial score (nSPS) is 17.6. The molecule has 0 unspecified atom stereocenters. The standard InChI is InChI=1S/C53H70FN13O9/c1-9-38(33-13-11-10-12-14-33)61-49(71)41-26-35(29-66(41)52(73)46(53(4,5)6)63-48(70)31(2)57-7)60-44(69)18-22-75-24-23-74-21-17-43(68)58-19-20-67-42-30-65(8)51(72)36-16-15-34(54)25-37(36)32(3)76-50-47(56)59-28-40(62-50)45(42)39(27-55)64-67/h10-16,25,28,31-32,35,38,41,46,57H,9,17-24,26,29-30H2,1-8H3,(H2,56,59)(H,58,68)(H,60,69)(H,61,71)(H,63,70)/t31-,32+,35-,38+,41-,46+/m0/s1. The number of nitrogens with zero attached hydrogens (tertiary/aromatic N) is 7. The number of nitrogens with two attached hydrogens (primary N) is 1. The molecule has 7 N–H and O–H groups in total. The number of nitrogen functional groups attached to an aromatic ring is 1. The fourth-order valence-corrected chi connectivity index (χ4v) is 8.94. The number of carbonyl (C=O) groups excluding carboxylic acids is 6. The first-order chi connectivity index (χ1) is 36.2. The van der Waals surface area contributed by atoms with Gasteiger partial charge in [-0.2, -0.15) is 10.4 Å². The molecule has 2 bridgehead atoms. The van der Waals surface area contributed by atoms with Gasteiger partial charge in [0.05, 0.1) is 74.7 Å². The van der Waals surface area contributed by atoms with Crippen LogP contribution < -0.4 is 37.1 Å². The number of hydrogen-bond donors (Lipinski definition) is 6. The number of amides is 6. The van der Waals surface area contributed by atoms with E-state index < -0.39 is 53.3 Å². The Hall–Kier alpha value is -7.55. The van der Waals surface area contributed by atoms with Crippen molar-refractivity contribution in [2.75, 3.05) is 59.3 Å². The predicted molar refractivity (Wildman–Crippen MR) is 277 cm³/mol. The maximum atomic E-state index is 14.4. The number of likely N-dealkylation sites (N-methyl/N-ethyl adjacent to an activating group) is 1. The second kappa shape index (κ2) is 26.3. The predicted octanol–water partition coefficient (Wildman–Crippen LogP) is 3.08. The van der Waals surface area contributed by atoms with Crippen LogP contribution in [0.2, 0.25) is 0 Å². The number of rotatable bonds is 21. The maximum Gasteiger partial charge on any atom is 0.258 e. The van der Waals surface area contributed by atoms with E-state index in [0.717, 1.165) is 5.56 Å². The first kappa shape index (κ1) is 57.7. The van der Waals surface area contributed by atoms with E-state index in [-0.39, 0.29) is 136 Å². The summed E-state index contributed by atoms with van der Waals surface area (Å²) < 4.78 is 33.2. The van der Waals surface area contributed by atoms with Crippen molar-refractivity contribution in [3.05, 3.63) is 88.6 Å². The van der Waals surface area contributed by atoms with Gasteiger partial charge in [0, 0.05) is 50.1 Å². The van der Waals surface area contributed by atoms with Gasteiger partial charge in [-0.05, 0) is 62.9 Å². The molecule has 6 atom stereocenters. The summed E-state index contributed by atoms with van der Waals surface area (Å²) in [6.45, 7) is 11.5. The number of likely N-dealkylation sites (tertiary alicyclic amines) is 1. The van der Waals surface area contributed by atoms with Gasteiger partial charge in [0.15, 0.2) is 11.5 Å². The Kier molecular flexibility index (Phi) is 20.0. The van der Waals surface area contributed by atoms with E-state index in [1.165, 1.54) is 38.9 Å². The molecule has 76 heavy (non-hydrogen) atoms. The van der Waals surface area contributed by atoms with Gasteiger partial charge < -0.3 is 56.3 Å². The second-order valence-corrected chi connectivity index (χ2v) is 19.9. The summed E-state index contributed by atoms with van der Waals surface area (Å²) in [6, 6.07) is 12.1. The number of fused-ring (bicyclic) bond motifs is 5. The van der Waals surface area contributed by atoms with Crippen LogP contribution in [0.1, 0.15) is 112 Å². The molecule has 6 amide bonds. The van der Waals surface area contributed by atoms with E-state index in [2.05, 4.69) is 47.7 Å². The zero-order valence-electron chi connectivity index (χ0n) is 44.4. The van der Waals surface area contributed by atoms with E-state index in [1.54, 1.807) is 27.9 Å². The number of anilines is 1. The highest BCUT2D eigenvalue weighted by atomic mass is 19.1. The van der Waals surface area contributed by atoms with Crippen molar-refractivity contribution >= 4 is 41.3 Å². The van der Waals surface area contributed by atoms with Crippen molar-refractivity contribution in [1.29, 1.82) is 5.26 Å². The summed E-state index contributed by atoms with van der Waals surface area (Å²) in [7, 11) is 3.21. The Bertz CT molecular complexity index is 2760. The molecule has 6 rings (SSSR count). The van der Waals surface area contributed by atoms with Crippen LogP contribution in [0.3, 0.4) is 0 Å². The van der Waals surface area contributed by atoms with E-state index in [4.69, 9.17) is 19.9 Å². The molecule has 2 aliphatic heterocycles. The van der Waals surface area contributed by atoms with Gasteiger partial charge in [-0.15, -0.1) is 0 Å². The zero-order chi connectivity index (χ0) is 55.3. The summed E-state index contributed by atoms with van der Waals surface area (Å²) in [5, 5.41) is 29.3. The minimum atomic E-state index is -0.957. The van der Waals surface area contributed by atoms with Crippen LogP contribution in [-0.4, -0.2) is 143 Å². The summed E-state index contributed by atoms with van der Waals surface area (Å²) in [6.07, 6.45) is 1.31. The van der Waals surface area contributed by atoms with Gasteiger partial charge in [0.1, 0.15) is 30.1 Å². The quantitative estimate of drug-likeness (QED) is 0.0654. The number of aromatic nitrogens is 4. The molecule has 2 aromatic carbocycles. The number of ether oxygens (including phenoxy) is 3. The lowest BCUT2D eigenvalue weighted by Gasteiger charge is -2.36. The summed E-state index contributed by atoms with van der Waals surface area (Å²) in [5.41, 5.74) is 7.73. The SMILES string of the molecule is CC[C@@H](NC(=O)[C@@H]1C[C@H](NC(=O)CCOCCOCCC(=O)NCCn2nc(C#N)c3c2CN(C)C(=O)c2ccc(F)cc2[C@@H](C)Oc2nc-3cnc2N)CN1C(=O)[C@@H](NC(=O)[C@H](C)NC)C(C)(C)C)c1ccccc1. The average Bonchev–Trinajstić information content (AvgIpc) is 3.99. The lowest BCUT2D eigenvalue weighted by molar-refractivity contribution is -0.144. The van der Waals surface area contributed by atoms with E-state index in [9.17, 15) is 38.4 Å². The summed E-state index contributed by atoms with van der Waals surface area (Å²) in [4.78, 5) is 93.0. The van der Waals surface area contributed by atoms with Gasteiger partial charge >= 0.3 is 0 Å². The number of hydrogen-bond acceptors (Lipinski definition) is 15.